The van der Waals surface area contributed by atoms with Crippen LogP contribution in [-0.4, -0.2) is 85.0 Å². The minimum absolute atomic E-state index is 0.0123. The zero-order chi connectivity index (χ0) is 20.9. The fraction of sp³-hybridized carbons (Fsp3) is 0.391. The number of halogens is 1. The van der Waals surface area contributed by atoms with Crippen molar-refractivity contribution in [3.8, 4) is 0 Å². The van der Waals surface area contributed by atoms with E-state index in [9.17, 15) is 9.59 Å². The van der Waals surface area contributed by atoms with Crippen LogP contribution in [-0.2, 0) is 4.74 Å². The van der Waals surface area contributed by atoms with Crippen molar-refractivity contribution < 1.29 is 14.3 Å². The zero-order valence-electron chi connectivity index (χ0n) is 16.9. The van der Waals surface area contributed by atoms with Crippen molar-refractivity contribution in [1.29, 1.82) is 0 Å². The van der Waals surface area contributed by atoms with Gasteiger partial charge in [0.25, 0.3) is 11.8 Å². The molecular weight excluding hydrogens is 402 g/mol. The lowest BCUT2D eigenvalue weighted by Crippen LogP contribution is -2.54. The molecule has 2 aliphatic rings. The summed E-state index contributed by atoms with van der Waals surface area (Å²) in [7, 11) is 0. The quantitative estimate of drug-likeness (QED) is 0.752. The van der Waals surface area contributed by atoms with Crippen LogP contribution in [0.1, 0.15) is 20.7 Å². The third-order valence-electron chi connectivity index (χ3n) is 5.66. The van der Waals surface area contributed by atoms with E-state index in [4.69, 9.17) is 16.3 Å². The molecule has 2 aromatic carbocycles. The number of morpholine rings is 1. The highest BCUT2D eigenvalue weighted by molar-refractivity contribution is 6.30. The molecule has 0 saturated carbocycles. The molecule has 7 heteroatoms. The minimum atomic E-state index is -0.0219. The van der Waals surface area contributed by atoms with Crippen LogP contribution >= 0.6 is 11.6 Å². The van der Waals surface area contributed by atoms with Crippen LogP contribution in [0.4, 0.5) is 0 Å². The van der Waals surface area contributed by atoms with Gasteiger partial charge in [-0.1, -0.05) is 29.8 Å². The van der Waals surface area contributed by atoms with E-state index in [1.807, 2.05) is 40.1 Å². The Balaban J connectivity index is 1.27. The van der Waals surface area contributed by atoms with Gasteiger partial charge in [0.05, 0.1) is 12.7 Å². The van der Waals surface area contributed by atoms with E-state index < -0.39 is 0 Å². The molecule has 6 nitrogen and oxygen atoms in total. The second-order valence-electron chi connectivity index (χ2n) is 7.71. The average molecular weight is 428 g/mol. The molecule has 0 N–H and O–H groups in total. The van der Waals surface area contributed by atoms with E-state index in [0.717, 1.165) is 25.2 Å². The zero-order valence-corrected chi connectivity index (χ0v) is 17.6. The number of rotatable bonds is 4. The number of carbonyl (C=O) groups is 2. The third kappa shape index (κ3) is 5.01. The topological polar surface area (TPSA) is 53.1 Å². The van der Waals surface area contributed by atoms with Crippen LogP contribution < -0.4 is 0 Å². The molecule has 0 bridgehead atoms. The lowest BCUT2D eigenvalue weighted by atomic mass is 10.1. The monoisotopic (exact) mass is 427 g/mol. The smallest absolute Gasteiger partial charge is 0.254 e. The van der Waals surface area contributed by atoms with Crippen LogP contribution in [0, 0.1) is 0 Å². The highest BCUT2D eigenvalue weighted by Crippen LogP contribution is 2.16. The van der Waals surface area contributed by atoms with Gasteiger partial charge < -0.3 is 14.5 Å². The van der Waals surface area contributed by atoms with E-state index in [1.165, 1.54) is 0 Å². The summed E-state index contributed by atoms with van der Waals surface area (Å²) < 4.78 is 5.92. The van der Waals surface area contributed by atoms with E-state index >= 15 is 0 Å². The summed E-state index contributed by atoms with van der Waals surface area (Å²) in [6, 6.07) is 16.4. The van der Waals surface area contributed by atoms with Gasteiger partial charge in [-0.25, -0.2) is 0 Å². The Kier molecular flexibility index (Phi) is 6.67. The first-order valence-corrected chi connectivity index (χ1v) is 10.7. The normalized spacial score (nSPS) is 20.2. The number of amides is 2. The number of hydrogen-bond acceptors (Lipinski definition) is 4. The first-order chi connectivity index (χ1) is 14.6. The van der Waals surface area contributed by atoms with Crippen LogP contribution in [0.5, 0.6) is 0 Å². The molecule has 0 spiro atoms. The summed E-state index contributed by atoms with van der Waals surface area (Å²) >= 11 is 5.92. The molecular formula is C23H26ClN3O3. The van der Waals surface area contributed by atoms with Crippen molar-refractivity contribution in [2.45, 2.75) is 6.10 Å². The van der Waals surface area contributed by atoms with Crippen LogP contribution in [0.25, 0.3) is 0 Å². The Morgan fingerprint density at radius 3 is 2.17 bits per heavy atom. The maximum absolute atomic E-state index is 12.8. The van der Waals surface area contributed by atoms with Crippen LogP contribution in [0.15, 0.2) is 54.6 Å². The summed E-state index contributed by atoms with van der Waals surface area (Å²) in [5.74, 6) is 0.0992. The molecule has 30 heavy (non-hydrogen) atoms. The Morgan fingerprint density at radius 2 is 1.47 bits per heavy atom. The van der Waals surface area contributed by atoms with Crippen molar-refractivity contribution in [2.24, 2.45) is 0 Å². The second-order valence-corrected chi connectivity index (χ2v) is 8.15. The Bertz CT molecular complexity index is 867. The van der Waals surface area contributed by atoms with Crippen molar-refractivity contribution in [2.75, 3.05) is 52.4 Å². The van der Waals surface area contributed by atoms with Gasteiger partial charge in [-0.3, -0.25) is 14.5 Å². The molecule has 4 rings (SSSR count). The summed E-state index contributed by atoms with van der Waals surface area (Å²) in [4.78, 5) is 31.4. The molecule has 2 aromatic rings. The first kappa shape index (κ1) is 20.8. The minimum Gasteiger partial charge on any atom is -0.373 e. The van der Waals surface area contributed by atoms with Crippen molar-refractivity contribution >= 4 is 23.4 Å². The van der Waals surface area contributed by atoms with Crippen molar-refractivity contribution in [3.05, 3.63) is 70.7 Å². The number of benzene rings is 2. The average Bonchev–Trinajstić information content (AvgIpc) is 2.80. The van der Waals surface area contributed by atoms with E-state index in [2.05, 4.69) is 4.90 Å². The summed E-state index contributed by atoms with van der Waals surface area (Å²) in [6.45, 7) is 5.49. The Labute approximate surface area is 182 Å². The van der Waals surface area contributed by atoms with Gasteiger partial charge in [0.2, 0.25) is 0 Å². The van der Waals surface area contributed by atoms with Gasteiger partial charge in [0.1, 0.15) is 0 Å². The number of piperazine rings is 1. The van der Waals surface area contributed by atoms with Gasteiger partial charge in [0, 0.05) is 62.0 Å². The van der Waals surface area contributed by atoms with E-state index in [-0.39, 0.29) is 17.9 Å². The number of hydrogen-bond donors (Lipinski definition) is 0. The van der Waals surface area contributed by atoms with Gasteiger partial charge in [0.15, 0.2) is 0 Å². The number of ether oxygens (including phenoxy) is 1. The fourth-order valence-corrected chi connectivity index (χ4v) is 4.10. The van der Waals surface area contributed by atoms with E-state index in [0.29, 0.717) is 43.4 Å². The standard InChI is InChI=1S/C23H26ClN3O3/c24-20-8-6-19(7-9-20)23(29)27-14-15-30-21(17-27)16-25-10-12-26(13-11-25)22(28)18-4-2-1-3-5-18/h1-9,21H,10-17H2. The van der Waals surface area contributed by atoms with Crippen molar-refractivity contribution in [1.82, 2.24) is 14.7 Å². The SMILES string of the molecule is O=C(c1ccccc1)N1CCN(CC2CN(C(=O)c3ccc(Cl)cc3)CCO2)CC1. The highest BCUT2D eigenvalue weighted by atomic mass is 35.5. The predicted molar refractivity (Wildman–Crippen MR) is 116 cm³/mol. The van der Waals surface area contributed by atoms with Crippen molar-refractivity contribution in [3.63, 3.8) is 0 Å². The lowest BCUT2D eigenvalue weighted by Gasteiger charge is -2.39. The summed E-state index contributed by atoms with van der Waals surface area (Å²) in [5, 5.41) is 0.622. The largest absolute Gasteiger partial charge is 0.373 e. The molecule has 2 amide bonds. The molecule has 158 valence electrons. The molecule has 1 unspecified atom stereocenters. The molecule has 0 radical (unpaired) electrons. The molecule has 1 atom stereocenters. The molecule has 0 aliphatic carbocycles. The number of nitrogens with zero attached hydrogens (tertiary/aromatic N) is 3. The maximum Gasteiger partial charge on any atom is 0.254 e. The maximum atomic E-state index is 12.8. The first-order valence-electron chi connectivity index (χ1n) is 10.3. The molecule has 2 saturated heterocycles. The molecule has 0 aromatic heterocycles. The highest BCUT2D eigenvalue weighted by Gasteiger charge is 2.28. The number of carbonyl (C=O) groups excluding carboxylic acids is 2. The van der Waals surface area contributed by atoms with E-state index in [1.54, 1.807) is 24.3 Å². The molecule has 2 heterocycles. The predicted octanol–water partition coefficient (Wildman–Crippen LogP) is 2.64. The third-order valence-corrected chi connectivity index (χ3v) is 5.91. The van der Waals surface area contributed by atoms with Gasteiger partial charge in [-0.15, -0.1) is 0 Å². The fourth-order valence-electron chi connectivity index (χ4n) is 3.97. The summed E-state index contributed by atoms with van der Waals surface area (Å²) in [5.41, 5.74) is 1.38. The van der Waals surface area contributed by atoms with Crippen LogP contribution in [0.3, 0.4) is 0 Å². The second kappa shape index (κ2) is 9.60. The van der Waals surface area contributed by atoms with Crippen LogP contribution in [0.2, 0.25) is 5.02 Å². The molecule has 2 fully saturated rings. The van der Waals surface area contributed by atoms with Gasteiger partial charge in [-0.05, 0) is 36.4 Å². The Hall–Kier alpha value is -2.41. The van der Waals surface area contributed by atoms with Gasteiger partial charge in [-0.2, -0.15) is 0 Å². The summed E-state index contributed by atoms with van der Waals surface area (Å²) in [6.07, 6.45) is -0.0219. The Morgan fingerprint density at radius 1 is 0.833 bits per heavy atom. The van der Waals surface area contributed by atoms with Gasteiger partial charge >= 0.3 is 0 Å². The molecule has 2 aliphatic heterocycles. The lowest BCUT2D eigenvalue weighted by molar-refractivity contribution is -0.0399.